The summed E-state index contributed by atoms with van der Waals surface area (Å²) in [6, 6.07) is 5.47. The first kappa shape index (κ1) is 13.3. The molecule has 0 aliphatic carbocycles. The van der Waals surface area contributed by atoms with Gasteiger partial charge in [-0.05, 0) is 42.3 Å². The number of ether oxygens (including phenoxy) is 1. The molecule has 0 radical (unpaired) electrons. The molecule has 0 amide bonds. The molecule has 3 rings (SSSR count). The van der Waals surface area contributed by atoms with Crippen molar-refractivity contribution >= 4 is 11.0 Å². The van der Waals surface area contributed by atoms with Crippen molar-refractivity contribution in [3.63, 3.8) is 0 Å². The van der Waals surface area contributed by atoms with E-state index in [4.69, 9.17) is 9.15 Å². The Kier molecular flexibility index (Phi) is 3.39. The topological polar surface area (TPSA) is 93.9 Å². The van der Waals surface area contributed by atoms with Gasteiger partial charge in [0.25, 0.3) is 0 Å². The molecule has 0 atom stereocenters. The Morgan fingerprint density at radius 3 is 2.90 bits per heavy atom. The Morgan fingerprint density at radius 2 is 2.19 bits per heavy atom. The first-order chi connectivity index (χ1) is 10.2. The van der Waals surface area contributed by atoms with Gasteiger partial charge in [-0.15, -0.1) is 10.2 Å². The Bertz CT molecular complexity index is 824. The van der Waals surface area contributed by atoms with Crippen LogP contribution in [0.5, 0.6) is 5.75 Å². The van der Waals surface area contributed by atoms with Gasteiger partial charge in [0.15, 0.2) is 11.3 Å². The third-order valence-electron chi connectivity index (χ3n) is 2.99. The predicted octanol–water partition coefficient (Wildman–Crippen LogP) is 2.07. The lowest BCUT2D eigenvalue weighted by Gasteiger charge is -2.09. The van der Waals surface area contributed by atoms with E-state index in [1.54, 1.807) is 6.07 Å². The van der Waals surface area contributed by atoms with Crippen molar-refractivity contribution in [3.05, 3.63) is 34.2 Å². The van der Waals surface area contributed by atoms with Gasteiger partial charge in [0.05, 0.1) is 6.61 Å². The summed E-state index contributed by atoms with van der Waals surface area (Å²) < 4.78 is 11.0. The third-order valence-corrected chi connectivity index (χ3v) is 2.99. The largest absolute Gasteiger partial charge is 0.490 e. The van der Waals surface area contributed by atoms with Crippen molar-refractivity contribution in [2.24, 2.45) is 0 Å². The number of hydrogen-bond acceptors (Lipinski definition) is 6. The number of nitrogens with zero attached hydrogens (tertiary/aromatic N) is 3. The van der Waals surface area contributed by atoms with Crippen LogP contribution in [-0.2, 0) is 0 Å². The van der Waals surface area contributed by atoms with Crippen molar-refractivity contribution in [1.29, 1.82) is 0 Å². The lowest BCUT2D eigenvalue weighted by Crippen LogP contribution is -2.05. The Labute approximate surface area is 119 Å². The maximum atomic E-state index is 12.1. The molecular weight excluding hydrogens is 272 g/mol. The summed E-state index contributed by atoms with van der Waals surface area (Å²) in [6.07, 6.45) is 0.876. The van der Waals surface area contributed by atoms with Crippen LogP contribution >= 0.6 is 0 Å². The zero-order valence-corrected chi connectivity index (χ0v) is 11.7. The van der Waals surface area contributed by atoms with E-state index in [9.17, 15) is 4.79 Å². The molecule has 0 saturated heterocycles. The monoisotopic (exact) mass is 286 g/mol. The molecule has 3 aromatic rings. The molecule has 7 heteroatoms. The van der Waals surface area contributed by atoms with Crippen molar-refractivity contribution in [2.45, 2.75) is 20.3 Å². The number of aromatic amines is 1. The van der Waals surface area contributed by atoms with E-state index in [-0.39, 0.29) is 11.4 Å². The number of aryl methyl sites for hydroxylation is 1. The van der Waals surface area contributed by atoms with E-state index in [2.05, 4.69) is 20.6 Å². The van der Waals surface area contributed by atoms with E-state index in [1.165, 1.54) is 0 Å². The number of rotatable bonds is 4. The Morgan fingerprint density at radius 1 is 1.33 bits per heavy atom. The zero-order valence-electron chi connectivity index (χ0n) is 11.7. The SMILES string of the molecule is CCCOc1cc(C)cc2cc(-c3nn[nH]n3)c(=O)oc12. The molecule has 1 aromatic carbocycles. The lowest BCUT2D eigenvalue weighted by molar-refractivity contribution is 0.315. The molecule has 0 aliphatic heterocycles. The smallest absolute Gasteiger partial charge is 0.347 e. The molecule has 21 heavy (non-hydrogen) atoms. The highest BCUT2D eigenvalue weighted by atomic mass is 16.5. The average Bonchev–Trinajstić information content (AvgIpc) is 2.98. The summed E-state index contributed by atoms with van der Waals surface area (Å²) in [5, 5.41) is 14.2. The zero-order chi connectivity index (χ0) is 14.8. The fourth-order valence-electron chi connectivity index (χ4n) is 2.10. The van der Waals surface area contributed by atoms with Crippen LogP contribution in [0.25, 0.3) is 22.4 Å². The van der Waals surface area contributed by atoms with Crippen LogP contribution < -0.4 is 10.4 Å². The van der Waals surface area contributed by atoms with E-state index in [0.717, 1.165) is 17.4 Å². The number of nitrogens with one attached hydrogen (secondary N) is 1. The van der Waals surface area contributed by atoms with E-state index in [1.807, 2.05) is 26.0 Å². The van der Waals surface area contributed by atoms with Crippen LogP contribution in [0.4, 0.5) is 0 Å². The molecule has 0 saturated carbocycles. The molecule has 0 aliphatic rings. The Balaban J connectivity index is 2.20. The second kappa shape index (κ2) is 5.35. The molecule has 0 unspecified atom stereocenters. The van der Waals surface area contributed by atoms with Gasteiger partial charge in [-0.25, -0.2) is 4.79 Å². The molecule has 2 aromatic heterocycles. The molecule has 7 nitrogen and oxygen atoms in total. The Hall–Kier alpha value is -2.70. The maximum Gasteiger partial charge on any atom is 0.347 e. The van der Waals surface area contributed by atoms with Crippen molar-refractivity contribution in [1.82, 2.24) is 20.6 Å². The molecule has 2 heterocycles. The van der Waals surface area contributed by atoms with Gasteiger partial charge in [-0.1, -0.05) is 6.92 Å². The summed E-state index contributed by atoms with van der Waals surface area (Å²) >= 11 is 0. The second-order valence-electron chi connectivity index (χ2n) is 4.71. The molecule has 0 spiro atoms. The van der Waals surface area contributed by atoms with Crippen LogP contribution in [0.1, 0.15) is 18.9 Å². The van der Waals surface area contributed by atoms with Gasteiger partial charge in [0.2, 0.25) is 5.82 Å². The predicted molar refractivity (Wildman–Crippen MR) is 76.2 cm³/mol. The van der Waals surface area contributed by atoms with Gasteiger partial charge in [0.1, 0.15) is 5.56 Å². The fourth-order valence-corrected chi connectivity index (χ4v) is 2.10. The van der Waals surface area contributed by atoms with Crippen molar-refractivity contribution in [2.75, 3.05) is 6.61 Å². The van der Waals surface area contributed by atoms with Gasteiger partial charge < -0.3 is 9.15 Å². The molecule has 0 fully saturated rings. The first-order valence-electron chi connectivity index (χ1n) is 6.64. The molecular formula is C14H14N4O3. The number of aromatic nitrogens is 4. The van der Waals surface area contributed by atoms with E-state index >= 15 is 0 Å². The highest BCUT2D eigenvalue weighted by Gasteiger charge is 2.14. The normalized spacial score (nSPS) is 11.0. The maximum absolute atomic E-state index is 12.1. The lowest BCUT2D eigenvalue weighted by atomic mass is 10.1. The van der Waals surface area contributed by atoms with Crippen LogP contribution in [-0.4, -0.2) is 27.2 Å². The summed E-state index contributed by atoms with van der Waals surface area (Å²) in [4.78, 5) is 12.1. The van der Waals surface area contributed by atoms with Gasteiger partial charge in [0, 0.05) is 5.39 Å². The van der Waals surface area contributed by atoms with Crippen LogP contribution in [0, 0.1) is 6.92 Å². The quantitative estimate of drug-likeness (QED) is 0.738. The molecule has 1 N–H and O–H groups in total. The highest BCUT2D eigenvalue weighted by Crippen LogP contribution is 2.28. The summed E-state index contributed by atoms with van der Waals surface area (Å²) in [5.41, 5.74) is 1.20. The third kappa shape index (κ3) is 2.49. The van der Waals surface area contributed by atoms with Crippen LogP contribution in [0.3, 0.4) is 0 Å². The number of H-pyrrole nitrogens is 1. The average molecular weight is 286 g/mol. The minimum atomic E-state index is -0.519. The van der Waals surface area contributed by atoms with Gasteiger partial charge in [-0.2, -0.15) is 5.21 Å². The number of fused-ring (bicyclic) bond motifs is 1. The van der Waals surface area contributed by atoms with Crippen LogP contribution in [0.15, 0.2) is 27.4 Å². The fraction of sp³-hybridized carbons (Fsp3) is 0.286. The summed E-state index contributed by atoms with van der Waals surface area (Å²) in [5.74, 6) is 0.784. The minimum absolute atomic E-state index is 0.211. The second-order valence-corrected chi connectivity index (χ2v) is 4.71. The van der Waals surface area contributed by atoms with E-state index in [0.29, 0.717) is 17.9 Å². The highest BCUT2D eigenvalue weighted by molar-refractivity contribution is 5.86. The number of benzene rings is 1. The standard InChI is InChI=1S/C14H14N4O3/c1-3-4-20-11-6-8(2)5-9-7-10(13-15-17-18-16-13)14(19)21-12(9)11/h5-7H,3-4H2,1-2H3,(H,15,16,17,18). The van der Waals surface area contributed by atoms with Crippen molar-refractivity contribution in [3.8, 4) is 17.1 Å². The minimum Gasteiger partial charge on any atom is -0.490 e. The van der Waals surface area contributed by atoms with Gasteiger partial charge >= 0.3 is 5.63 Å². The van der Waals surface area contributed by atoms with Gasteiger partial charge in [-0.3, -0.25) is 0 Å². The molecule has 0 bridgehead atoms. The number of hydrogen-bond donors (Lipinski definition) is 1. The summed E-state index contributed by atoms with van der Waals surface area (Å²) in [7, 11) is 0. The van der Waals surface area contributed by atoms with Crippen LogP contribution in [0.2, 0.25) is 0 Å². The first-order valence-corrected chi connectivity index (χ1v) is 6.64. The van der Waals surface area contributed by atoms with E-state index < -0.39 is 5.63 Å². The number of tetrazole rings is 1. The van der Waals surface area contributed by atoms with Crippen molar-refractivity contribution < 1.29 is 9.15 Å². The molecule has 108 valence electrons. The summed E-state index contributed by atoms with van der Waals surface area (Å²) in [6.45, 7) is 4.54.